The Balaban J connectivity index is 1.16. The van der Waals surface area contributed by atoms with Crippen molar-refractivity contribution in [3.63, 3.8) is 0 Å². The maximum absolute atomic E-state index is 6.99. The van der Waals surface area contributed by atoms with Crippen LogP contribution in [-0.4, -0.2) is 0 Å². The van der Waals surface area contributed by atoms with E-state index in [1.807, 2.05) is 0 Å². The molecule has 10 aromatic carbocycles. The maximum atomic E-state index is 6.99. The number of furan rings is 1. The Morgan fingerprint density at radius 2 is 0.783 bits per heavy atom. The van der Waals surface area contributed by atoms with Gasteiger partial charge in [0.05, 0.1) is 5.69 Å². The summed E-state index contributed by atoms with van der Waals surface area (Å²) < 4.78 is 6.99. The summed E-state index contributed by atoms with van der Waals surface area (Å²) in [5, 5.41) is 4.62. The Morgan fingerprint density at radius 3 is 1.47 bits per heavy atom. The van der Waals surface area contributed by atoms with Gasteiger partial charge in [-0.2, -0.15) is 0 Å². The Hall–Kier alpha value is -7.94. The first-order valence-electron chi connectivity index (χ1n) is 20.5. The lowest BCUT2D eigenvalue weighted by Gasteiger charge is -2.27. The maximum Gasteiger partial charge on any atom is 0.159 e. The summed E-state index contributed by atoms with van der Waals surface area (Å²) in [7, 11) is 0. The van der Waals surface area contributed by atoms with Gasteiger partial charge in [0.2, 0.25) is 0 Å². The van der Waals surface area contributed by atoms with Crippen molar-refractivity contribution in [1.82, 2.24) is 0 Å². The molecule has 11 rings (SSSR count). The highest BCUT2D eigenvalue weighted by Gasteiger charge is 2.23. The van der Waals surface area contributed by atoms with Gasteiger partial charge in [0.1, 0.15) is 5.58 Å². The number of hydrogen-bond donors (Lipinski definition) is 0. The minimum absolute atomic E-state index is 0.835. The van der Waals surface area contributed by atoms with Crippen molar-refractivity contribution in [3.8, 4) is 55.6 Å². The van der Waals surface area contributed by atoms with Crippen LogP contribution in [0.1, 0.15) is 0 Å². The second-order valence-electron chi connectivity index (χ2n) is 15.3. The third-order valence-electron chi connectivity index (χ3n) is 11.6. The van der Waals surface area contributed by atoms with Gasteiger partial charge in [-0.25, -0.2) is 0 Å². The highest BCUT2D eigenvalue weighted by Crippen LogP contribution is 2.47. The van der Waals surface area contributed by atoms with Gasteiger partial charge >= 0.3 is 0 Å². The lowest BCUT2D eigenvalue weighted by molar-refractivity contribution is 0.669. The zero-order chi connectivity index (χ0) is 39.8. The summed E-state index contributed by atoms with van der Waals surface area (Å²) in [6.07, 6.45) is 0. The number of anilines is 3. The molecular formula is C58H39NO. The third kappa shape index (κ3) is 6.51. The molecule has 0 amide bonds. The standard InChI is InChI=1S/C58H39NO/c1-5-15-40(16-6-1)48-29-34-57-54(36-48)55-37-49(41-17-7-2-8-18-41)38-56(58(55)60-57)59(50-30-27-43(28-31-50)47-26-25-42-19-13-14-24-46(42)35-47)51-32-33-52(44-20-9-3-10-21-44)53(39-51)45-22-11-4-12-23-45/h1-39H. The van der Waals surface area contributed by atoms with E-state index >= 15 is 0 Å². The van der Waals surface area contributed by atoms with Crippen LogP contribution in [0.25, 0.3) is 88.3 Å². The van der Waals surface area contributed by atoms with Gasteiger partial charge in [-0.3, -0.25) is 0 Å². The molecule has 1 heterocycles. The van der Waals surface area contributed by atoms with Crippen LogP contribution in [0.2, 0.25) is 0 Å². The fourth-order valence-electron chi connectivity index (χ4n) is 8.63. The number of fused-ring (bicyclic) bond motifs is 4. The van der Waals surface area contributed by atoms with Crippen LogP contribution in [-0.2, 0) is 0 Å². The zero-order valence-corrected chi connectivity index (χ0v) is 32.9. The van der Waals surface area contributed by atoms with Gasteiger partial charge in [0.15, 0.2) is 5.58 Å². The van der Waals surface area contributed by atoms with E-state index in [0.717, 1.165) is 72.4 Å². The smallest absolute Gasteiger partial charge is 0.159 e. The highest BCUT2D eigenvalue weighted by atomic mass is 16.3. The molecule has 0 atom stereocenters. The monoisotopic (exact) mass is 765 g/mol. The van der Waals surface area contributed by atoms with Gasteiger partial charge in [-0.05, 0) is 121 Å². The lowest BCUT2D eigenvalue weighted by atomic mass is 9.93. The lowest BCUT2D eigenvalue weighted by Crippen LogP contribution is -2.11. The van der Waals surface area contributed by atoms with Crippen molar-refractivity contribution in [2.75, 3.05) is 4.90 Å². The molecule has 11 aromatic rings. The fourth-order valence-corrected chi connectivity index (χ4v) is 8.63. The van der Waals surface area contributed by atoms with Crippen molar-refractivity contribution >= 4 is 49.8 Å². The van der Waals surface area contributed by atoms with Gasteiger partial charge < -0.3 is 9.32 Å². The van der Waals surface area contributed by atoms with Crippen molar-refractivity contribution < 1.29 is 4.42 Å². The summed E-state index contributed by atoms with van der Waals surface area (Å²) in [4.78, 5) is 2.38. The molecule has 0 saturated carbocycles. The first kappa shape index (κ1) is 35.2. The summed E-state index contributed by atoms with van der Waals surface area (Å²) in [6, 6.07) is 84.9. The molecule has 0 aliphatic carbocycles. The molecule has 2 heteroatoms. The van der Waals surface area contributed by atoms with Crippen molar-refractivity contribution in [3.05, 3.63) is 237 Å². The van der Waals surface area contributed by atoms with E-state index in [1.165, 1.54) is 33.0 Å². The van der Waals surface area contributed by atoms with Gasteiger partial charge in [0.25, 0.3) is 0 Å². The van der Waals surface area contributed by atoms with Crippen molar-refractivity contribution in [2.24, 2.45) is 0 Å². The summed E-state index contributed by atoms with van der Waals surface area (Å²) >= 11 is 0. The molecule has 0 aliphatic rings. The molecule has 1 aromatic heterocycles. The number of benzene rings is 10. The minimum atomic E-state index is 0.835. The Bertz CT molecular complexity index is 3280. The van der Waals surface area contributed by atoms with E-state index < -0.39 is 0 Å². The predicted octanol–water partition coefficient (Wildman–Crippen LogP) is 16.5. The molecule has 282 valence electrons. The summed E-state index contributed by atoms with van der Waals surface area (Å²) in [5.74, 6) is 0. The molecule has 0 unspecified atom stereocenters. The van der Waals surface area contributed by atoms with Crippen LogP contribution < -0.4 is 4.90 Å². The van der Waals surface area contributed by atoms with Gasteiger partial charge in [0, 0.05) is 22.1 Å². The molecule has 0 aliphatic heterocycles. The third-order valence-corrected chi connectivity index (χ3v) is 11.6. The zero-order valence-electron chi connectivity index (χ0n) is 32.9. The van der Waals surface area contributed by atoms with E-state index in [4.69, 9.17) is 4.42 Å². The van der Waals surface area contributed by atoms with Crippen LogP contribution in [0, 0.1) is 0 Å². The first-order chi connectivity index (χ1) is 29.7. The fraction of sp³-hybridized carbons (Fsp3) is 0. The van der Waals surface area contributed by atoms with E-state index in [-0.39, 0.29) is 0 Å². The number of rotatable bonds is 8. The highest BCUT2D eigenvalue weighted by molar-refractivity contribution is 6.13. The SMILES string of the molecule is c1ccc(-c2ccc3oc4c(N(c5ccc(-c6ccc7ccccc7c6)cc5)c5ccc(-c6ccccc6)c(-c6ccccc6)c5)cc(-c5ccccc5)cc4c3c2)cc1. The Morgan fingerprint density at radius 1 is 0.283 bits per heavy atom. The predicted molar refractivity (Wildman–Crippen MR) is 253 cm³/mol. The van der Waals surface area contributed by atoms with Gasteiger partial charge in [-0.1, -0.05) is 182 Å². The molecule has 0 saturated heterocycles. The Kier molecular flexibility index (Phi) is 8.87. The van der Waals surface area contributed by atoms with E-state index in [0.29, 0.717) is 0 Å². The molecule has 0 bridgehead atoms. The molecule has 60 heavy (non-hydrogen) atoms. The summed E-state index contributed by atoms with van der Waals surface area (Å²) in [5.41, 5.74) is 16.3. The van der Waals surface area contributed by atoms with Crippen LogP contribution in [0.5, 0.6) is 0 Å². The van der Waals surface area contributed by atoms with Crippen LogP contribution in [0.15, 0.2) is 241 Å². The molecule has 2 nitrogen and oxygen atoms in total. The minimum Gasteiger partial charge on any atom is -0.454 e. The quantitative estimate of drug-likeness (QED) is 0.153. The largest absolute Gasteiger partial charge is 0.454 e. The first-order valence-corrected chi connectivity index (χ1v) is 20.5. The van der Waals surface area contributed by atoms with Crippen molar-refractivity contribution in [2.45, 2.75) is 0 Å². The summed E-state index contributed by atoms with van der Waals surface area (Å²) in [6.45, 7) is 0. The van der Waals surface area contributed by atoms with Crippen LogP contribution in [0.3, 0.4) is 0 Å². The molecule has 0 radical (unpaired) electrons. The Labute approximate surface area is 349 Å². The normalized spacial score (nSPS) is 11.3. The second kappa shape index (κ2) is 15.1. The second-order valence-corrected chi connectivity index (χ2v) is 15.3. The topological polar surface area (TPSA) is 16.4 Å². The van der Waals surface area contributed by atoms with Crippen LogP contribution >= 0.6 is 0 Å². The average molecular weight is 766 g/mol. The van der Waals surface area contributed by atoms with Crippen LogP contribution in [0.4, 0.5) is 17.1 Å². The number of nitrogens with zero attached hydrogens (tertiary/aromatic N) is 1. The molecule has 0 spiro atoms. The molecule has 0 fully saturated rings. The molecule has 0 N–H and O–H groups in total. The van der Waals surface area contributed by atoms with E-state index in [1.54, 1.807) is 0 Å². The van der Waals surface area contributed by atoms with Gasteiger partial charge in [-0.15, -0.1) is 0 Å². The van der Waals surface area contributed by atoms with Crippen molar-refractivity contribution in [1.29, 1.82) is 0 Å². The number of hydrogen-bond acceptors (Lipinski definition) is 2. The van der Waals surface area contributed by atoms with E-state index in [2.05, 4.69) is 241 Å². The average Bonchev–Trinajstić information content (AvgIpc) is 3.71. The molecular weight excluding hydrogens is 727 g/mol. The van der Waals surface area contributed by atoms with E-state index in [9.17, 15) is 0 Å².